The number of hydrogen-bond donors (Lipinski definition) is 0. The second-order valence-electron chi connectivity index (χ2n) is 7.09. The fourth-order valence-corrected chi connectivity index (χ4v) is 3.62. The zero-order chi connectivity index (χ0) is 22.0. The number of carbonyl (C=O) groups excluding carboxylic acids is 4. The summed E-state index contributed by atoms with van der Waals surface area (Å²) in [6.45, 7) is 2.34. The lowest BCUT2D eigenvalue weighted by Gasteiger charge is -2.38. The fraction of sp³-hybridized carbons (Fsp3) is 0.273. The van der Waals surface area contributed by atoms with Crippen molar-refractivity contribution >= 4 is 23.8 Å². The van der Waals surface area contributed by atoms with Crippen molar-refractivity contribution in [2.45, 2.75) is 26.0 Å². The monoisotopic (exact) mass is 423 g/mol. The van der Waals surface area contributed by atoms with Crippen LogP contribution in [-0.4, -0.2) is 58.0 Å². The van der Waals surface area contributed by atoms with Crippen LogP contribution in [0.25, 0.3) is 0 Å². The number of rotatable bonds is 6. The molecular formula is C22H21N3O6. The average Bonchev–Trinajstić information content (AvgIpc) is 3.03. The minimum absolute atomic E-state index is 0.171. The van der Waals surface area contributed by atoms with E-state index in [1.54, 1.807) is 19.1 Å². The SMILES string of the molecule is CCN1C(=O)N(OCc2ccccc2)CC[C@H]1C(=O)ON1C(=O)c2ccccc2C1=O. The molecule has 9 nitrogen and oxygen atoms in total. The molecule has 1 atom stereocenters. The number of amides is 4. The van der Waals surface area contributed by atoms with Gasteiger partial charge >= 0.3 is 12.0 Å². The first kappa shape index (κ1) is 20.5. The molecule has 2 aliphatic heterocycles. The van der Waals surface area contributed by atoms with Gasteiger partial charge < -0.3 is 9.74 Å². The first-order valence-electron chi connectivity index (χ1n) is 9.96. The molecule has 0 bridgehead atoms. The Morgan fingerprint density at radius 3 is 2.19 bits per heavy atom. The third kappa shape index (κ3) is 3.87. The van der Waals surface area contributed by atoms with E-state index in [0.29, 0.717) is 5.06 Å². The highest BCUT2D eigenvalue weighted by atomic mass is 16.7. The quantitative estimate of drug-likeness (QED) is 0.662. The molecule has 0 radical (unpaired) electrons. The van der Waals surface area contributed by atoms with Crippen LogP contribution in [0.1, 0.15) is 39.6 Å². The van der Waals surface area contributed by atoms with Gasteiger partial charge in [-0.25, -0.2) is 14.7 Å². The average molecular weight is 423 g/mol. The predicted molar refractivity (Wildman–Crippen MR) is 107 cm³/mol. The van der Waals surface area contributed by atoms with Gasteiger partial charge in [0.25, 0.3) is 11.8 Å². The topological polar surface area (TPSA) is 96.5 Å². The van der Waals surface area contributed by atoms with Crippen molar-refractivity contribution in [3.8, 4) is 0 Å². The third-order valence-corrected chi connectivity index (χ3v) is 5.22. The van der Waals surface area contributed by atoms with Crippen LogP contribution in [0, 0.1) is 0 Å². The van der Waals surface area contributed by atoms with Gasteiger partial charge in [-0.3, -0.25) is 14.4 Å². The highest BCUT2D eigenvalue weighted by Crippen LogP contribution is 2.25. The Hall–Kier alpha value is -3.72. The number of fused-ring (bicyclic) bond motifs is 1. The van der Waals surface area contributed by atoms with Gasteiger partial charge in [-0.2, -0.15) is 0 Å². The largest absolute Gasteiger partial charge is 0.355 e. The predicted octanol–water partition coefficient (Wildman–Crippen LogP) is 2.39. The Balaban J connectivity index is 1.41. The molecule has 0 aromatic heterocycles. The maximum atomic E-state index is 12.8. The smallest absolute Gasteiger partial charge is 0.327 e. The van der Waals surface area contributed by atoms with Crippen LogP contribution in [0.3, 0.4) is 0 Å². The summed E-state index contributed by atoms with van der Waals surface area (Å²) in [5, 5.41) is 1.67. The second-order valence-corrected chi connectivity index (χ2v) is 7.09. The van der Waals surface area contributed by atoms with Crippen molar-refractivity contribution in [2.75, 3.05) is 13.1 Å². The van der Waals surface area contributed by atoms with Gasteiger partial charge in [-0.15, -0.1) is 0 Å². The number of likely N-dealkylation sites (N-methyl/N-ethyl adjacent to an activating group) is 1. The van der Waals surface area contributed by atoms with Crippen molar-refractivity contribution in [3.05, 3.63) is 71.3 Å². The number of nitrogens with zero attached hydrogens (tertiary/aromatic N) is 3. The molecular weight excluding hydrogens is 402 g/mol. The van der Waals surface area contributed by atoms with Crippen LogP contribution in [0.15, 0.2) is 54.6 Å². The minimum atomic E-state index is -0.932. The molecule has 2 aromatic rings. The third-order valence-electron chi connectivity index (χ3n) is 5.22. The van der Waals surface area contributed by atoms with E-state index < -0.39 is 29.9 Å². The van der Waals surface area contributed by atoms with E-state index in [2.05, 4.69) is 0 Å². The van der Waals surface area contributed by atoms with Crippen molar-refractivity contribution in [1.82, 2.24) is 15.0 Å². The van der Waals surface area contributed by atoms with Gasteiger partial charge in [0.15, 0.2) is 0 Å². The molecule has 160 valence electrons. The number of urea groups is 1. The van der Waals surface area contributed by atoms with E-state index in [0.717, 1.165) is 5.56 Å². The molecule has 4 rings (SSSR count). The molecule has 4 amide bonds. The molecule has 0 unspecified atom stereocenters. The van der Waals surface area contributed by atoms with Crippen molar-refractivity contribution in [3.63, 3.8) is 0 Å². The zero-order valence-electron chi connectivity index (χ0n) is 16.9. The van der Waals surface area contributed by atoms with E-state index in [4.69, 9.17) is 9.68 Å². The normalized spacial score (nSPS) is 18.4. The van der Waals surface area contributed by atoms with Gasteiger partial charge in [0.05, 0.1) is 17.7 Å². The Kier molecular flexibility index (Phi) is 5.68. The van der Waals surface area contributed by atoms with Gasteiger partial charge in [0, 0.05) is 6.54 Å². The first-order valence-corrected chi connectivity index (χ1v) is 9.96. The summed E-state index contributed by atoms with van der Waals surface area (Å²) >= 11 is 0. The molecule has 1 saturated heterocycles. The highest BCUT2D eigenvalue weighted by Gasteiger charge is 2.43. The van der Waals surface area contributed by atoms with Crippen LogP contribution in [0.4, 0.5) is 4.79 Å². The van der Waals surface area contributed by atoms with Crippen molar-refractivity contribution < 1.29 is 28.9 Å². The number of benzene rings is 2. The van der Waals surface area contributed by atoms with Crippen LogP contribution in [0.2, 0.25) is 0 Å². The van der Waals surface area contributed by atoms with Crippen LogP contribution in [0.5, 0.6) is 0 Å². The summed E-state index contributed by atoms with van der Waals surface area (Å²) in [5.41, 5.74) is 1.26. The van der Waals surface area contributed by atoms with Crippen LogP contribution >= 0.6 is 0 Å². The summed E-state index contributed by atoms with van der Waals surface area (Å²) in [7, 11) is 0. The first-order chi connectivity index (χ1) is 15.0. The summed E-state index contributed by atoms with van der Waals surface area (Å²) < 4.78 is 0. The summed E-state index contributed by atoms with van der Waals surface area (Å²) in [5.74, 6) is -2.24. The van der Waals surface area contributed by atoms with Crippen LogP contribution in [-0.2, 0) is 21.1 Å². The Morgan fingerprint density at radius 1 is 0.968 bits per heavy atom. The Bertz CT molecular complexity index is 990. The molecule has 9 heteroatoms. The van der Waals surface area contributed by atoms with E-state index in [9.17, 15) is 19.2 Å². The standard InChI is InChI=1S/C22H21N3O6/c1-2-23-18(12-13-24(22(23)29)30-14-15-8-4-3-5-9-15)21(28)31-25-19(26)16-10-6-7-11-17(16)20(25)27/h3-11,18H,2,12-14H2,1H3/t18-/m0/s1. The molecule has 0 spiro atoms. The van der Waals surface area contributed by atoms with Gasteiger partial charge in [-0.1, -0.05) is 47.5 Å². The molecule has 31 heavy (non-hydrogen) atoms. The van der Waals surface area contributed by atoms with E-state index >= 15 is 0 Å². The maximum Gasteiger partial charge on any atom is 0.355 e. The molecule has 2 heterocycles. The maximum absolute atomic E-state index is 12.8. The van der Waals surface area contributed by atoms with E-state index in [1.165, 1.54) is 22.1 Å². The summed E-state index contributed by atoms with van der Waals surface area (Å²) in [4.78, 5) is 62.5. The summed E-state index contributed by atoms with van der Waals surface area (Å²) in [6.07, 6.45) is 0.233. The van der Waals surface area contributed by atoms with Crippen molar-refractivity contribution in [2.24, 2.45) is 0 Å². The Morgan fingerprint density at radius 2 is 1.58 bits per heavy atom. The lowest BCUT2D eigenvalue weighted by atomic mass is 10.1. The lowest BCUT2D eigenvalue weighted by Crippen LogP contribution is -2.57. The molecule has 2 aromatic carbocycles. The second kappa shape index (κ2) is 8.57. The molecule has 2 aliphatic rings. The van der Waals surface area contributed by atoms with Gasteiger partial charge in [0.1, 0.15) is 12.6 Å². The van der Waals surface area contributed by atoms with Gasteiger partial charge in [0.2, 0.25) is 0 Å². The van der Waals surface area contributed by atoms with Crippen LogP contribution < -0.4 is 0 Å². The molecule has 0 N–H and O–H groups in total. The summed E-state index contributed by atoms with van der Waals surface area (Å²) in [6, 6.07) is 14.2. The zero-order valence-corrected chi connectivity index (χ0v) is 16.9. The van der Waals surface area contributed by atoms with Crippen molar-refractivity contribution in [1.29, 1.82) is 0 Å². The Labute approximate surface area is 178 Å². The molecule has 0 aliphatic carbocycles. The molecule has 0 saturated carbocycles. The minimum Gasteiger partial charge on any atom is -0.327 e. The van der Waals surface area contributed by atoms with E-state index in [1.807, 2.05) is 30.3 Å². The number of carbonyl (C=O) groups is 4. The van der Waals surface area contributed by atoms with E-state index in [-0.39, 0.29) is 37.2 Å². The van der Waals surface area contributed by atoms with Gasteiger partial charge in [-0.05, 0) is 31.0 Å². The lowest BCUT2D eigenvalue weighted by molar-refractivity contribution is -0.184. The number of imide groups is 1. The number of hydrogen-bond acceptors (Lipinski definition) is 6. The highest BCUT2D eigenvalue weighted by molar-refractivity contribution is 6.20. The molecule has 1 fully saturated rings. The fourth-order valence-electron chi connectivity index (χ4n) is 3.62. The number of hydroxylamine groups is 4.